The van der Waals surface area contributed by atoms with E-state index in [2.05, 4.69) is 93.0 Å². The zero-order chi connectivity index (χ0) is 66.8. The van der Waals surface area contributed by atoms with Crippen LogP contribution in [-0.2, 0) is 9.59 Å². The van der Waals surface area contributed by atoms with Gasteiger partial charge in [0.15, 0.2) is 12.2 Å². The Morgan fingerprint density at radius 3 is 0.833 bits per heavy atom. The van der Waals surface area contributed by atoms with Gasteiger partial charge in [-0.25, -0.2) is 9.97 Å². The van der Waals surface area contributed by atoms with E-state index in [1.54, 1.807) is 0 Å². The van der Waals surface area contributed by atoms with Crippen LogP contribution in [0, 0.1) is 0 Å². The van der Waals surface area contributed by atoms with Gasteiger partial charge in [-0.2, -0.15) is 0 Å². The van der Waals surface area contributed by atoms with Gasteiger partial charge >= 0.3 is 0 Å². The fraction of sp³-hybridized carbons (Fsp3) is 0.476. The summed E-state index contributed by atoms with van der Waals surface area (Å²) < 4.78 is 12.6. The van der Waals surface area contributed by atoms with Crippen molar-refractivity contribution in [3.05, 3.63) is 145 Å². The van der Waals surface area contributed by atoms with Gasteiger partial charge in [0.25, 0.3) is 11.8 Å². The molecule has 2 aliphatic rings. The first-order valence-corrected chi connectivity index (χ1v) is 37.3. The van der Waals surface area contributed by atoms with Gasteiger partial charge in [0.2, 0.25) is 0 Å². The van der Waals surface area contributed by atoms with E-state index in [1.165, 1.54) is 180 Å². The summed E-state index contributed by atoms with van der Waals surface area (Å²) in [5, 5.41) is 6.24. The quantitative estimate of drug-likeness (QED) is 0.0275. The number of aromatic nitrogens is 6. The summed E-state index contributed by atoms with van der Waals surface area (Å²) in [5.41, 5.74) is 13.9. The maximum Gasteiger partial charge on any atom is 0.260 e. The normalized spacial score (nSPS) is 12.5. The van der Waals surface area contributed by atoms with Crippen LogP contribution in [0.15, 0.2) is 122 Å². The molecular weight excluding hydrogens is 1180 g/mol. The first-order valence-electron chi connectivity index (χ1n) is 37.3. The lowest BCUT2D eigenvalue weighted by atomic mass is 10.0. The molecule has 0 saturated heterocycles. The highest BCUT2D eigenvalue weighted by Gasteiger charge is 2.21. The minimum Gasteiger partial charge on any atom is -0.481 e. The lowest BCUT2D eigenvalue weighted by Crippen LogP contribution is -2.36. The predicted octanol–water partition coefficient (Wildman–Crippen LogP) is 22.4. The number of hydrogen-bond acceptors (Lipinski definition) is 8. The number of carbonyl (C=O) groups excluding carboxylic acids is 2. The van der Waals surface area contributed by atoms with Gasteiger partial charge in [-0.1, -0.05) is 231 Å². The Bertz CT molecular complexity index is 3440. The number of amides is 2. The van der Waals surface area contributed by atoms with Crippen LogP contribution in [0.2, 0.25) is 0 Å². The van der Waals surface area contributed by atoms with Gasteiger partial charge in [-0.05, 0) is 146 Å². The molecular formula is C84H110N8O4. The van der Waals surface area contributed by atoms with Crippen molar-refractivity contribution in [3.63, 3.8) is 0 Å². The van der Waals surface area contributed by atoms with E-state index >= 15 is 0 Å². The molecule has 12 heteroatoms. The number of H-pyrrole nitrogens is 2. The second-order valence-electron chi connectivity index (χ2n) is 26.7. The number of aromatic amines is 2. The Hall–Kier alpha value is -8.12. The lowest BCUT2D eigenvalue weighted by Gasteiger charge is -2.15. The van der Waals surface area contributed by atoms with Crippen molar-refractivity contribution in [2.45, 2.75) is 245 Å². The van der Waals surface area contributed by atoms with Crippen molar-refractivity contribution in [1.82, 2.24) is 40.5 Å². The predicted molar refractivity (Wildman–Crippen MR) is 401 cm³/mol. The summed E-state index contributed by atoms with van der Waals surface area (Å²) in [6.45, 7) is 9.49. The fourth-order valence-corrected chi connectivity index (χ4v) is 13.4. The molecule has 2 aliphatic heterocycles. The van der Waals surface area contributed by atoms with Crippen LogP contribution in [0.25, 0.3) is 90.9 Å². The maximum absolute atomic E-state index is 13.3. The highest BCUT2D eigenvalue weighted by atomic mass is 16.5. The molecule has 0 unspecified atom stereocenters. The Morgan fingerprint density at radius 2 is 0.573 bits per heavy atom. The molecule has 7 aromatic rings. The third-order valence-corrected chi connectivity index (χ3v) is 19.0. The number of nitrogens with one attached hydrogen (secondary N) is 4. The molecule has 2 amide bonds. The van der Waals surface area contributed by atoms with Crippen LogP contribution in [0.4, 0.5) is 0 Å². The summed E-state index contributed by atoms with van der Waals surface area (Å²) in [6, 6.07) is 32.4. The molecule has 2 atom stereocenters. The third-order valence-electron chi connectivity index (χ3n) is 19.0. The third kappa shape index (κ3) is 22.5. The van der Waals surface area contributed by atoms with Crippen LogP contribution in [0.1, 0.15) is 256 Å². The molecule has 7 heterocycles. The number of pyridine rings is 2. The zero-order valence-corrected chi connectivity index (χ0v) is 58.5. The van der Waals surface area contributed by atoms with E-state index in [0.29, 0.717) is 24.6 Å². The van der Waals surface area contributed by atoms with Crippen molar-refractivity contribution in [2.75, 3.05) is 13.1 Å². The van der Waals surface area contributed by atoms with Gasteiger partial charge in [0, 0.05) is 82.2 Å². The van der Waals surface area contributed by atoms with Crippen molar-refractivity contribution < 1.29 is 19.1 Å². The van der Waals surface area contributed by atoms with Crippen molar-refractivity contribution >= 4 is 58.2 Å². The SMILES string of the molecule is CCCCCCCCCCCCCCCCCCNC(=O)[C@@H](C)Oc1ccc(-c2c3nc(c(-c4ccncc4)c4ccc([nH]4)c(-c4ccc(O[C@H](C)C(=O)NCCCCCCCCCCCCCCCCCC)cc4)c4nc(c(-c5ccncc5)c5ccc2[nH]5)C=C4)C=C3)cc1. The number of ether oxygens (including phenoxy) is 2. The van der Waals surface area contributed by atoms with E-state index in [9.17, 15) is 9.59 Å². The average molecular weight is 1300 g/mol. The molecule has 0 spiro atoms. The molecule has 0 aliphatic carbocycles. The van der Waals surface area contributed by atoms with Gasteiger partial charge in [-0.15, -0.1) is 0 Å². The molecule has 0 fully saturated rings. The monoisotopic (exact) mass is 1290 g/mol. The van der Waals surface area contributed by atoms with Crippen molar-refractivity contribution in [3.8, 4) is 56.0 Å². The Labute approximate surface area is 573 Å². The smallest absolute Gasteiger partial charge is 0.260 e. The molecule has 0 saturated carbocycles. The number of rotatable bonds is 44. The summed E-state index contributed by atoms with van der Waals surface area (Å²) in [4.78, 5) is 54.0. The van der Waals surface area contributed by atoms with Crippen LogP contribution in [0.5, 0.6) is 11.5 Å². The molecule has 5 aromatic heterocycles. The highest BCUT2D eigenvalue weighted by molar-refractivity contribution is 6.00. The molecule has 510 valence electrons. The second-order valence-corrected chi connectivity index (χ2v) is 26.7. The number of benzene rings is 2. The van der Waals surface area contributed by atoms with Crippen molar-refractivity contribution in [1.29, 1.82) is 0 Å². The molecule has 2 aromatic carbocycles. The van der Waals surface area contributed by atoms with Crippen LogP contribution < -0.4 is 20.1 Å². The Balaban J connectivity index is 0.871. The number of fused-ring (bicyclic) bond motifs is 8. The largest absolute Gasteiger partial charge is 0.481 e. The van der Waals surface area contributed by atoms with E-state index < -0.39 is 12.2 Å². The van der Waals surface area contributed by atoms with Crippen LogP contribution in [-0.4, -0.2) is 67.0 Å². The summed E-state index contributed by atoms with van der Waals surface area (Å²) in [7, 11) is 0. The van der Waals surface area contributed by atoms with Gasteiger partial charge in [0.1, 0.15) is 11.5 Å². The fourth-order valence-electron chi connectivity index (χ4n) is 13.4. The Morgan fingerprint density at radius 1 is 0.333 bits per heavy atom. The van der Waals surface area contributed by atoms with Gasteiger partial charge < -0.3 is 30.1 Å². The minimum atomic E-state index is -0.660. The van der Waals surface area contributed by atoms with Gasteiger partial charge in [-0.3, -0.25) is 19.6 Å². The lowest BCUT2D eigenvalue weighted by molar-refractivity contribution is -0.127. The van der Waals surface area contributed by atoms with E-state index in [1.807, 2.05) is 111 Å². The zero-order valence-electron chi connectivity index (χ0n) is 58.5. The summed E-state index contributed by atoms with van der Waals surface area (Å²) >= 11 is 0. The molecule has 96 heavy (non-hydrogen) atoms. The van der Waals surface area contributed by atoms with E-state index in [0.717, 1.165) is 115 Å². The van der Waals surface area contributed by atoms with Gasteiger partial charge in [0.05, 0.1) is 22.8 Å². The van der Waals surface area contributed by atoms with Crippen LogP contribution >= 0.6 is 0 Å². The van der Waals surface area contributed by atoms with E-state index in [4.69, 9.17) is 19.4 Å². The molecule has 4 N–H and O–H groups in total. The van der Waals surface area contributed by atoms with E-state index in [-0.39, 0.29) is 11.8 Å². The molecule has 12 nitrogen and oxygen atoms in total. The molecule has 8 bridgehead atoms. The number of hydrogen-bond donors (Lipinski definition) is 4. The molecule has 9 rings (SSSR count). The maximum atomic E-state index is 13.3. The topological polar surface area (TPSA) is 160 Å². The first kappa shape index (κ1) is 72.2. The summed E-state index contributed by atoms with van der Waals surface area (Å²) in [5.74, 6) is 0.987. The average Bonchev–Trinajstić information content (AvgIpc) is 1.62. The minimum absolute atomic E-state index is 0.112. The standard InChI is InChI=1S/C84H110N8O4/c1-5-7-9-11-13-15-17-19-21-23-25-27-29-31-33-35-57-87-83(93)63(3)95-69-41-37-65(38-42-69)79-71-45-49-75(89-71)81(67-53-59-85-60-54-67)77-51-47-73(91-77)80(74-48-52-78(92-74)82(68-55-61-86-62-56-68)76-50-46-72(79)90-76)66-39-43-70(44-40-66)96-64(4)84(94)88-58-36-34-32-30-28-26-24-22-20-18-16-14-12-10-8-6-2/h37-56,59-64,89,92H,5-36,57-58H2,1-4H3,(H,87,93)(H,88,94)/t63-,64-/m1/s1. The molecule has 0 radical (unpaired) electrons. The Kier molecular flexibility index (Phi) is 30.4. The van der Waals surface area contributed by atoms with Crippen LogP contribution in [0.3, 0.4) is 0 Å². The second kappa shape index (κ2) is 40.4. The van der Waals surface area contributed by atoms with Crippen molar-refractivity contribution in [2.24, 2.45) is 0 Å². The number of carbonyl (C=O) groups is 2. The highest BCUT2D eigenvalue weighted by Crippen LogP contribution is 2.39. The number of nitrogens with zero attached hydrogens (tertiary/aromatic N) is 4. The first-order chi connectivity index (χ1) is 47.3. The number of unbranched alkanes of at least 4 members (excludes halogenated alkanes) is 30. The summed E-state index contributed by atoms with van der Waals surface area (Å²) in [6.07, 6.45) is 56.4.